The van der Waals surface area contributed by atoms with Gasteiger partial charge in [-0.15, -0.1) is 0 Å². The van der Waals surface area contributed by atoms with Gasteiger partial charge in [-0.25, -0.2) is 4.79 Å². The van der Waals surface area contributed by atoms with E-state index < -0.39 is 0 Å². The molecule has 0 N–H and O–H groups in total. The Morgan fingerprint density at radius 1 is 0.935 bits per heavy atom. The Labute approximate surface area is 185 Å². The first-order valence-electron chi connectivity index (χ1n) is 10.8. The maximum atomic E-state index is 11.3. The number of carbonyl (C=O) groups excluding carboxylic acids is 1. The standard InChI is InChI=1S/C27H31NO3/c1-22(2)27(29)31-19-11-6-4-3-5-10-18-30-26-16-14-23(15-17-26)20-25(21-28)24-12-8-7-9-13-24/h7-9,12-17,20H,1,3-6,10-11,18-19H2,2H3/b25-20+. The van der Waals surface area contributed by atoms with Crippen LogP contribution in [-0.2, 0) is 9.53 Å². The minimum Gasteiger partial charge on any atom is -0.494 e. The normalized spacial score (nSPS) is 10.9. The summed E-state index contributed by atoms with van der Waals surface area (Å²) in [6, 6.07) is 19.8. The zero-order chi connectivity index (χ0) is 22.3. The number of nitrogens with zero attached hydrogens (tertiary/aromatic N) is 1. The van der Waals surface area contributed by atoms with E-state index in [0.29, 0.717) is 24.4 Å². The van der Waals surface area contributed by atoms with Crippen molar-refractivity contribution in [2.45, 2.75) is 45.4 Å². The monoisotopic (exact) mass is 417 g/mol. The van der Waals surface area contributed by atoms with Gasteiger partial charge >= 0.3 is 5.97 Å². The predicted molar refractivity (Wildman–Crippen MR) is 125 cm³/mol. The average Bonchev–Trinajstić information content (AvgIpc) is 2.79. The second kappa shape index (κ2) is 13.8. The van der Waals surface area contributed by atoms with Crippen molar-refractivity contribution in [3.63, 3.8) is 0 Å². The third-order valence-electron chi connectivity index (χ3n) is 4.79. The van der Waals surface area contributed by atoms with Gasteiger partial charge in [0.1, 0.15) is 5.75 Å². The molecule has 31 heavy (non-hydrogen) atoms. The highest BCUT2D eigenvalue weighted by molar-refractivity contribution is 5.89. The summed E-state index contributed by atoms with van der Waals surface area (Å²) in [6.07, 6.45) is 8.26. The fraction of sp³-hybridized carbons (Fsp3) is 0.333. The molecule has 2 aromatic rings. The van der Waals surface area contributed by atoms with E-state index in [-0.39, 0.29) is 5.97 Å². The van der Waals surface area contributed by atoms with Gasteiger partial charge in [0.15, 0.2) is 0 Å². The molecule has 0 saturated carbocycles. The summed E-state index contributed by atoms with van der Waals surface area (Å²) in [7, 11) is 0. The first-order chi connectivity index (χ1) is 15.1. The maximum Gasteiger partial charge on any atom is 0.333 e. The Kier molecular flexibility index (Phi) is 10.7. The summed E-state index contributed by atoms with van der Waals surface area (Å²) >= 11 is 0. The SMILES string of the molecule is C=C(C)C(=O)OCCCCCCCCOc1ccc(/C=C(\C#N)c2ccccc2)cc1. The Morgan fingerprint density at radius 2 is 1.55 bits per heavy atom. The van der Waals surface area contributed by atoms with Crippen molar-refractivity contribution in [1.82, 2.24) is 0 Å². The lowest BCUT2D eigenvalue weighted by atomic mass is 10.0. The Hall–Kier alpha value is -3.32. The second-order valence-corrected chi connectivity index (χ2v) is 7.49. The minimum absolute atomic E-state index is 0.303. The molecular formula is C27H31NO3. The molecule has 0 aliphatic heterocycles. The molecule has 0 aliphatic rings. The summed E-state index contributed by atoms with van der Waals surface area (Å²) < 4.78 is 10.9. The summed E-state index contributed by atoms with van der Waals surface area (Å²) in [5.41, 5.74) is 2.98. The van der Waals surface area contributed by atoms with Crippen LogP contribution in [0.1, 0.15) is 56.6 Å². The molecule has 2 rings (SSSR count). The number of hydrogen-bond donors (Lipinski definition) is 0. The highest BCUT2D eigenvalue weighted by Gasteiger charge is 2.02. The lowest BCUT2D eigenvalue weighted by Crippen LogP contribution is -2.06. The van der Waals surface area contributed by atoms with Gasteiger partial charge in [0.25, 0.3) is 0 Å². The molecule has 0 heterocycles. The number of allylic oxidation sites excluding steroid dienone is 1. The van der Waals surface area contributed by atoms with Crippen molar-refractivity contribution in [2.24, 2.45) is 0 Å². The molecule has 0 atom stereocenters. The third-order valence-corrected chi connectivity index (χ3v) is 4.79. The van der Waals surface area contributed by atoms with Crippen molar-refractivity contribution in [2.75, 3.05) is 13.2 Å². The molecular weight excluding hydrogens is 386 g/mol. The summed E-state index contributed by atoms with van der Waals surface area (Å²) in [4.78, 5) is 11.3. The molecule has 0 amide bonds. The van der Waals surface area contributed by atoms with Crippen LogP contribution >= 0.6 is 0 Å². The van der Waals surface area contributed by atoms with Crippen LogP contribution in [0, 0.1) is 11.3 Å². The molecule has 0 fully saturated rings. The Morgan fingerprint density at radius 3 is 2.16 bits per heavy atom. The van der Waals surface area contributed by atoms with Gasteiger partial charge in [0.05, 0.1) is 24.9 Å². The molecule has 162 valence electrons. The molecule has 0 aromatic heterocycles. The van der Waals surface area contributed by atoms with E-state index in [0.717, 1.165) is 55.4 Å². The molecule has 4 nitrogen and oxygen atoms in total. The van der Waals surface area contributed by atoms with E-state index in [1.54, 1.807) is 6.92 Å². The summed E-state index contributed by atoms with van der Waals surface area (Å²) in [6.45, 7) is 6.39. The first-order valence-corrected chi connectivity index (χ1v) is 10.8. The van der Waals surface area contributed by atoms with Gasteiger partial charge in [-0.05, 0) is 49.1 Å². The van der Waals surface area contributed by atoms with Crippen LogP contribution in [0.25, 0.3) is 11.6 Å². The van der Waals surface area contributed by atoms with Crippen molar-refractivity contribution < 1.29 is 14.3 Å². The number of nitriles is 1. The second-order valence-electron chi connectivity index (χ2n) is 7.49. The summed E-state index contributed by atoms with van der Waals surface area (Å²) in [5, 5.41) is 9.42. The molecule has 0 bridgehead atoms. The zero-order valence-electron chi connectivity index (χ0n) is 18.3. The Balaban J connectivity index is 1.60. The average molecular weight is 418 g/mol. The molecule has 2 aromatic carbocycles. The van der Waals surface area contributed by atoms with E-state index >= 15 is 0 Å². The fourth-order valence-electron chi connectivity index (χ4n) is 3.01. The highest BCUT2D eigenvalue weighted by atomic mass is 16.5. The van der Waals surface area contributed by atoms with E-state index in [1.165, 1.54) is 0 Å². The van der Waals surface area contributed by atoms with Crippen molar-refractivity contribution >= 4 is 17.6 Å². The van der Waals surface area contributed by atoms with E-state index in [1.807, 2.05) is 60.7 Å². The van der Waals surface area contributed by atoms with Crippen LogP contribution in [0.2, 0.25) is 0 Å². The number of hydrogen-bond acceptors (Lipinski definition) is 4. The maximum absolute atomic E-state index is 11.3. The Bertz CT molecular complexity index is 892. The van der Waals surface area contributed by atoms with Crippen LogP contribution in [0.15, 0.2) is 66.7 Å². The van der Waals surface area contributed by atoms with Crippen molar-refractivity contribution in [1.29, 1.82) is 5.26 Å². The smallest absolute Gasteiger partial charge is 0.333 e. The number of benzene rings is 2. The highest BCUT2D eigenvalue weighted by Crippen LogP contribution is 2.20. The number of esters is 1. The van der Waals surface area contributed by atoms with Gasteiger partial charge in [0.2, 0.25) is 0 Å². The predicted octanol–water partition coefficient (Wildman–Crippen LogP) is 6.59. The minimum atomic E-state index is -0.303. The van der Waals surface area contributed by atoms with Gasteiger partial charge in [0, 0.05) is 5.57 Å². The van der Waals surface area contributed by atoms with Crippen LogP contribution in [-0.4, -0.2) is 19.2 Å². The first kappa shape index (κ1) is 24.0. The fourth-order valence-corrected chi connectivity index (χ4v) is 3.01. The molecule has 0 unspecified atom stereocenters. The number of ether oxygens (including phenoxy) is 2. The molecule has 0 aliphatic carbocycles. The molecule has 0 saturated heterocycles. The van der Waals surface area contributed by atoms with Gasteiger partial charge in [-0.1, -0.05) is 74.7 Å². The number of carbonyl (C=O) groups is 1. The zero-order valence-corrected chi connectivity index (χ0v) is 18.3. The lowest BCUT2D eigenvalue weighted by Gasteiger charge is -2.07. The van der Waals surface area contributed by atoms with Crippen LogP contribution < -0.4 is 4.74 Å². The van der Waals surface area contributed by atoms with E-state index in [4.69, 9.17) is 9.47 Å². The molecule has 0 spiro atoms. The molecule has 0 radical (unpaired) electrons. The van der Waals surface area contributed by atoms with Gasteiger partial charge < -0.3 is 9.47 Å². The number of unbranched alkanes of at least 4 members (excludes halogenated alkanes) is 5. The lowest BCUT2D eigenvalue weighted by molar-refractivity contribution is -0.139. The topological polar surface area (TPSA) is 59.3 Å². The number of rotatable bonds is 13. The quantitative estimate of drug-likeness (QED) is 0.121. The van der Waals surface area contributed by atoms with Crippen molar-refractivity contribution in [3.05, 3.63) is 77.9 Å². The summed E-state index contributed by atoms with van der Waals surface area (Å²) in [5.74, 6) is 0.539. The van der Waals surface area contributed by atoms with Crippen LogP contribution in [0.5, 0.6) is 5.75 Å². The van der Waals surface area contributed by atoms with Crippen LogP contribution in [0.3, 0.4) is 0 Å². The van der Waals surface area contributed by atoms with Crippen molar-refractivity contribution in [3.8, 4) is 11.8 Å². The third kappa shape index (κ3) is 9.35. The molecule has 4 heteroatoms. The van der Waals surface area contributed by atoms with Gasteiger partial charge in [-0.3, -0.25) is 0 Å². The van der Waals surface area contributed by atoms with E-state index in [2.05, 4.69) is 12.6 Å². The van der Waals surface area contributed by atoms with E-state index in [9.17, 15) is 10.1 Å². The van der Waals surface area contributed by atoms with Gasteiger partial charge in [-0.2, -0.15) is 5.26 Å². The van der Waals surface area contributed by atoms with Crippen LogP contribution in [0.4, 0.5) is 0 Å². The largest absolute Gasteiger partial charge is 0.494 e.